The second-order valence-electron chi connectivity index (χ2n) is 5.97. The Kier molecular flexibility index (Phi) is 5.68. The van der Waals surface area contributed by atoms with E-state index in [0.717, 1.165) is 19.3 Å². The molecule has 5 nitrogen and oxygen atoms in total. The first-order valence-electron chi connectivity index (χ1n) is 7.53. The van der Waals surface area contributed by atoms with Crippen LogP contribution in [0, 0.1) is 11.8 Å². The Morgan fingerprint density at radius 1 is 1.38 bits per heavy atom. The van der Waals surface area contributed by atoms with Crippen LogP contribution in [0.15, 0.2) is 17.3 Å². The van der Waals surface area contributed by atoms with Gasteiger partial charge in [-0.05, 0) is 31.1 Å². The molecule has 1 aliphatic rings. The summed E-state index contributed by atoms with van der Waals surface area (Å²) in [7, 11) is -3.43. The molecule has 1 unspecified atom stereocenters. The molecule has 0 aromatic carbocycles. The van der Waals surface area contributed by atoms with Crippen molar-refractivity contribution in [2.24, 2.45) is 11.8 Å². The lowest BCUT2D eigenvalue weighted by molar-refractivity contribution is 0.341. The largest absolute Gasteiger partial charge is 0.270 e. The van der Waals surface area contributed by atoms with Gasteiger partial charge in [0.1, 0.15) is 4.90 Å². The summed E-state index contributed by atoms with van der Waals surface area (Å²) < 4.78 is 28.5. The number of alkyl halides is 1. The van der Waals surface area contributed by atoms with E-state index in [1.807, 2.05) is 0 Å². The van der Waals surface area contributed by atoms with Crippen LogP contribution in [0.3, 0.4) is 0 Å². The van der Waals surface area contributed by atoms with Gasteiger partial charge >= 0.3 is 0 Å². The van der Waals surface area contributed by atoms with Crippen molar-refractivity contribution in [2.75, 3.05) is 19.0 Å². The van der Waals surface area contributed by atoms with Gasteiger partial charge in [-0.2, -0.15) is 9.40 Å². The van der Waals surface area contributed by atoms with Gasteiger partial charge in [0, 0.05) is 25.2 Å². The van der Waals surface area contributed by atoms with Gasteiger partial charge in [0.2, 0.25) is 10.0 Å². The molecule has 0 bridgehead atoms. The second kappa shape index (κ2) is 7.11. The van der Waals surface area contributed by atoms with Crippen LogP contribution in [0.2, 0.25) is 0 Å². The van der Waals surface area contributed by atoms with Crippen molar-refractivity contribution in [2.45, 2.75) is 44.6 Å². The summed E-state index contributed by atoms with van der Waals surface area (Å²) >= 11 is 5.65. The summed E-state index contributed by atoms with van der Waals surface area (Å²) in [4.78, 5) is 0.274. The van der Waals surface area contributed by atoms with Crippen molar-refractivity contribution in [3.05, 3.63) is 12.4 Å². The van der Waals surface area contributed by atoms with Crippen LogP contribution >= 0.6 is 11.6 Å². The molecular formula is C14H24ClN3O2S. The van der Waals surface area contributed by atoms with E-state index in [4.69, 9.17) is 11.6 Å². The summed E-state index contributed by atoms with van der Waals surface area (Å²) in [5, 5.41) is 4.06. The maximum Gasteiger partial charge on any atom is 0.246 e. The minimum atomic E-state index is -3.43. The number of aromatic nitrogens is 2. The number of nitrogens with zero attached hydrogens (tertiary/aromatic N) is 3. The van der Waals surface area contributed by atoms with Gasteiger partial charge in [-0.15, -0.1) is 11.6 Å². The summed E-state index contributed by atoms with van der Waals surface area (Å²) in [6.45, 7) is 6.15. The highest BCUT2D eigenvalue weighted by molar-refractivity contribution is 7.89. The van der Waals surface area contributed by atoms with Gasteiger partial charge in [-0.25, -0.2) is 8.42 Å². The monoisotopic (exact) mass is 333 g/mol. The molecule has 120 valence electrons. The molecule has 1 aromatic heterocycles. The zero-order valence-electron chi connectivity index (χ0n) is 12.7. The highest BCUT2D eigenvalue weighted by Crippen LogP contribution is 2.27. The van der Waals surface area contributed by atoms with Crippen LogP contribution in [0.4, 0.5) is 0 Å². The van der Waals surface area contributed by atoms with Gasteiger partial charge in [0.25, 0.3) is 0 Å². The van der Waals surface area contributed by atoms with Crippen molar-refractivity contribution in [1.82, 2.24) is 14.1 Å². The SMILES string of the molecule is CC(C)C1CCCN(S(=O)(=O)c2cnn(CCCl)c2)CC1. The van der Waals surface area contributed by atoms with Crippen molar-refractivity contribution >= 4 is 21.6 Å². The van der Waals surface area contributed by atoms with Gasteiger partial charge in [0.05, 0.1) is 12.7 Å². The molecule has 2 rings (SSSR count). The first-order chi connectivity index (χ1) is 9.95. The van der Waals surface area contributed by atoms with Crippen molar-refractivity contribution in [3.8, 4) is 0 Å². The molecule has 1 aliphatic heterocycles. The van der Waals surface area contributed by atoms with E-state index < -0.39 is 10.0 Å². The molecule has 1 saturated heterocycles. The summed E-state index contributed by atoms with van der Waals surface area (Å²) in [6.07, 6.45) is 5.97. The first kappa shape index (κ1) is 16.8. The summed E-state index contributed by atoms with van der Waals surface area (Å²) in [6, 6.07) is 0. The lowest BCUT2D eigenvalue weighted by atomic mass is 9.89. The third-order valence-electron chi connectivity index (χ3n) is 4.24. The van der Waals surface area contributed by atoms with Gasteiger partial charge in [-0.1, -0.05) is 13.8 Å². The number of halogens is 1. The Hall–Kier alpha value is -0.590. The van der Waals surface area contributed by atoms with E-state index in [2.05, 4.69) is 18.9 Å². The van der Waals surface area contributed by atoms with E-state index in [1.165, 1.54) is 6.20 Å². The number of hydrogen-bond donors (Lipinski definition) is 0. The highest BCUT2D eigenvalue weighted by Gasteiger charge is 2.29. The van der Waals surface area contributed by atoms with Crippen molar-refractivity contribution in [3.63, 3.8) is 0 Å². The predicted molar refractivity (Wildman–Crippen MR) is 83.9 cm³/mol. The number of sulfonamides is 1. The fourth-order valence-electron chi connectivity index (χ4n) is 2.84. The van der Waals surface area contributed by atoms with Crippen molar-refractivity contribution in [1.29, 1.82) is 0 Å². The van der Waals surface area contributed by atoms with Gasteiger partial charge in [-0.3, -0.25) is 4.68 Å². The minimum absolute atomic E-state index is 0.274. The molecule has 0 amide bonds. The Labute approximate surface area is 132 Å². The third kappa shape index (κ3) is 3.99. The van der Waals surface area contributed by atoms with Crippen LogP contribution < -0.4 is 0 Å². The maximum absolute atomic E-state index is 12.7. The summed E-state index contributed by atoms with van der Waals surface area (Å²) in [5.41, 5.74) is 0. The van der Waals surface area contributed by atoms with Crippen LogP contribution in [0.25, 0.3) is 0 Å². The van der Waals surface area contributed by atoms with Crippen LogP contribution in [0.1, 0.15) is 33.1 Å². The first-order valence-corrected chi connectivity index (χ1v) is 9.51. The fourth-order valence-corrected chi connectivity index (χ4v) is 4.46. The predicted octanol–water partition coefficient (Wildman–Crippen LogP) is 2.57. The molecule has 2 heterocycles. The van der Waals surface area contributed by atoms with Gasteiger partial charge in [0.15, 0.2) is 0 Å². The Morgan fingerprint density at radius 2 is 2.14 bits per heavy atom. The van der Waals surface area contributed by atoms with Crippen LogP contribution in [0.5, 0.6) is 0 Å². The maximum atomic E-state index is 12.7. The van der Waals surface area contributed by atoms with Crippen LogP contribution in [-0.2, 0) is 16.6 Å². The topological polar surface area (TPSA) is 55.2 Å². The van der Waals surface area contributed by atoms with Crippen LogP contribution in [-0.4, -0.2) is 41.5 Å². The lowest BCUT2D eigenvalue weighted by Crippen LogP contribution is -2.32. The molecule has 0 aliphatic carbocycles. The molecule has 21 heavy (non-hydrogen) atoms. The average molecular weight is 334 g/mol. The molecule has 1 aromatic rings. The molecule has 1 atom stereocenters. The van der Waals surface area contributed by atoms with E-state index in [0.29, 0.717) is 37.4 Å². The normalized spacial score (nSPS) is 21.6. The van der Waals surface area contributed by atoms with E-state index in [-0.39, 0.29) is 4.90 Å². The van der Waals surface area contributed by atoms with Gasteiger partial charge < -0.3 is 0 Å². The third-order valence-corrected chi connectivity index (χ3v) is 6.26. The average Bonchev–Trinajstić information content (AvgIpc) is 2.75. The number of hydrogen-bond acceptors (Lipinski definition) is 3. The van der Waals surface area contributed by atoms with E-state index in [9.17, 15) is 8.42 Å². The summed E-state index contributed by atoms with van der Waals surface area (Å²) in [5.74, 6) is 1.64. The second-order valence-corrected chi connectivity index (χ2v) is 8.28. The fraction of sp³-hybridized carbons (Fsp3) is 0.786. The Morgan fingerprint density at radius 3 is 2.81 bits per heavy atom. The van der Waals surface area contributed by atoms with E-state index >= 15 is 0 Å². The molecular weight excluding hydrogens is 310 g/mol. The zero-order valence-corrected chi connectivity index (χ0v) is 14.3. The smallest absolute Gasteiger partial charge is 0.246 e. The molecule has 0 N–H and O–H groups in total. The molecule has 7 heteroatoms. The Bertz CT molecular complexity index is 556. The standard InChI is InChI=1S/C14H24ClN3O2S/c1-12(2)13-4-3-7-18(8-5-13)21(19,20)14-10-16-17(11-14)9-6-15/h10-13H,3-9H2,1-2H3. The molecule has 0 spiro atoms. The Balaban J connectivity index is 2.11. The van der Waals surface area contributed by atoms with Crippen molar-refractivity contribution < 1.29 is 8.42 Å². The minimum Gasteiger partial charge on any atom is -0.270 e. The highest BCUT2D eigenvalue weighted by atomic mass is 35.5. The van der Waals surface area contributed by atoms with E-state index in [1.54, 1.807) is 15.2 Å². The lowest BCUT2D eigenvalue weighted by Gasteiger charge is -2.20. The quantitative estimate of drug-likeness (QED) is 0.778. The molecule has 0 radical (unpaired) electrons. The zero-order chi connectivity index (χ0) is 15.5. The number of aryl methyl sites for hydroxylation is 1. The molecule has 1 fully saturated rings. The molecule has 0 saturated carbocycles. The number of rotatable bonds is 5.